The average molecular weight is 269 g/mol. The van der Waals surface area contributed by atoms with Crippen molar-refractivity contribution in [1.29, 1.82) is 0 Å². The van der Waals surface area contributed by atoms with Crippen LogP contribution in [0, 0.1) is 0 Å². The van der Waals surface area contributed by atoms with Gasteiger partial charge in [0.05, 0.1) is 5.69 Å². The van der Waals surface area contributed by atoms with Crippen LogP contribution in [0.15, 0.2) is 16.7 Å². The third-order valence-electron chi connectivity index (χ3n) is 3.15. The molecule has 0 radical (unpaired) electrons. The molecule has 1 aromatic heterocycles. The lowest BCUT2D eigenvalue weighted by atomic mass is 9.86. The molecule has 82 valence electrons. The van der Waals surface area contributed by atoms with Gasteiger partial charge in [0.15, 0.2) is 0 Å². The van der Waals surface area contributed by atoms with Crippen LogP contribution in [0.4, 0.5) is 0 Å². The van der Waals surface area contributed by atoms with Crippen LogP contribution in [0.3, 0.4) is 0 Å². The van der Waals surface area contributed by atoms with Gasteiger partial charge in [0.25, 0.3) is 0 Å². The summed E-state index contributed by atoms with van der Waals surface area (Å²) in [5, 5.41) is 0. The van der Waals surface area contributed by atoms with E-state index < -0.39 is 0 Å². The van der Waals surface area contributed by atoms with Gasteiger partial charge in [-0.25, -0.2) is 0 Å². The van der Waals surface area contributed by atoms with Gasteiger partial charge in [-0.05, 0) is 40.4 Å². The monoisotopic (exact) mass is 268 g/mol. The lowest BCUT2D eigenvalue weighted by molar-refractivity contribution is 0.435. The van der Waals surface area contributed by atoms with Gasteiger partial charge in [-0.1, -0.05) is 19.3 Å². The first kappa shape index (κ1) is 11.1. The number of nitrogens with zero attached hydrogens (tertiary/aromatic N) is 1. The summed E-state index contributed by atoms with van der Waals surface area (Å²) in [7, 11) is 0. The molecule has 0 unspecified atom stereocenters. The minimum Gasteiger partial charge on any atom is -0.326 e. The van der Waals surface area contributed by atoms with E-state index in [0.29, 0.717) is 12.5 Å². The summed E-state index contributed by atoms with van der Waals surface area (Å²) >= 11 is 3.61. The second-order valence-corrected chi connectivity index (χ2v) is 5.10. The van der Waals surface area contributed by atoms with E-state index in [-0.39, 0.29) is 0 Å². The Balaban J connectivity index is 2.19. The summed E-state index contributed by atoms with van der Waals surface area (Å²) in [4.78, 5) is 4.55. The highest BCUT2D eigenvalue weighted by atomic mass is 79.9. The molecule has 1 saturated carbocycles. The van der Waals surface area contributed by atoms with Crippen LogP contribution in [0.1, 0.15) is 49.3 Å². The number of rotatable bonds is 2. The SMILES string of the molecule is NCc1cnc(C2CCCCC2)c(Br)c1. The van der Waals surface area contributed by atoms with Crippen LogP contribution in [0.2, 0.25) is 0 Å². The maximum atomic E-state index is 5.59. The molecule has 0 atom stereocenters. The van der Waals surface area contributed by atoms with Crippen molar-refractivity contribution in [2.75, 3.05) is 0 Å². The highest BCUT2D eigenvalue weighted by molar-refractivity contribution is 9.10. The third-order valence-corrected chi connectivity index (χ3v) is 3.79. The van der Waals surface area contributed by atoms with E-state index in [1.54, 1.807) is 0 Å². The summed E-state index contributed by atoms with van der Waals surface area (Å²) in [5.41, 5.74) is 7.91. The molecule has 0 bridgehead atoms. The van der Waals surface area contributed by atoms with Crippen molar-refractivity contribution in [2.24, 2.45) is 5.73 Å². The molecule has 1 aliphatic rings. The Morgan fingerprint density at radius 3 is 2.67 bits per heavy atom. The number of hydrogen-bond acceptors (Lipinski definition) is 2. The molecule has 15 heavy (non-hydrogen) atoms. The number of aromatic nitrogens is 1. The van der Waals surface area contributed by atoms with Gasteiger partial charge in [-0.3, -0.25) is 4.98 Å². The summed E-state index contributed by atoms with van der Waals surface area (Å²) in [6.45, 7) is 0.566. The standard InChI is InChI=1S/C12H17BrN2/c13-11-6-9(7-14)8-15-12(11)10-4-2-1-3-5-10/h6,8,10H,1-5,7,14H2. The third kappa shape index (κ3) is 2.58. The van der Waals surface area contributed by atoms with Crippen LogP contribution in [-0.2, 0) is 6.54 Å². The van der Waals surface area contributed by atoms with E-state index in [9.17, 15) is 0 Å². The highest BCUT2D eigenvalue weighted by Crippen LogP contribution is 2.35. The number of pyridine rings is 1. The van der Waals surface area contributed by atoms with Crippen molar-refractivity contribution in [1.82, 2.24) is 4.98 Å². The Kier molecular flexibility index (Phi) is 3.76. The fourth-order valence-electron chi connectivity index (χ4n) is 2.28. The van der Waals surface area contributed by atoms with E-state index in [0.717, 1.165) is 10.0 Å². The molecular weight excluding hydrogens is 252 g/mol. The molecule has 1 fully saturated rings. The zero-order valence-electron chi connectivity index (χ0n) is 8.88. The van der Waals surface area contributed by atoms with Crippen LogP contribution in [0.25, 0.3) is 0 Å². The van der Waals surface area contributed by atoms with Crippen molar-refractivity contribution in [3.63, 3.8) is 0 Å². The zero-order valence-corrected chi connectivity index (χ0v) is 10.5. The molecular formula is C12H17BrN2. The summed E-state index contributed by atoms with van der Waals surface area (Å²) in [6.07, 6.45) is 8.56. The number of hydrogen-bond donors (Lipinski definition) is 1. The molecule has 1 heterocycles. The van der Waals surface area contributed by atoms with Crippen molar-refractivity contribution in [2.45, 2.75) is 44.6 Å². The molecule has 0 saturated heterocycles. The van der Waals surface area contributed by atoms with Crippen molar-refractivity contribution in [3.8, 4) is 0 Å². The van der Waals surface area contributed by atoms with Crippen molar-refractivity contribution < 1.29 is 0 Å². The lowest BCUT2D eigenvalue weighted by Crippen LogP contribution is -2.08. The normalized spacial score (nSPS) is 18.0. The fraction of sp³-hybridized carbons (Fsp3) is 0.583. The Morgan fingerprint density at radius 1 is 1.33 bits per heavy atom. The Bertz CT molecular complexity index is 332. The van der Waals surface area contributed by atoms with Crippen molar-refractivity contribution >= 4 is 15.9 Å². The van der Waals surface area contributed by atoms with E-state index in [2.05, 4.69) is 27.0 Å². The van der Waals surface area contributed by atoms with Crippen LogP contribution < -0.4 is 5.73 Å². The van der Waals surface area contributed by atoms with E-state index in [4.69, 9.17) is 5.73 Å². The quantitative estimate of drug-likeness (QED) is 0.894. The molecule has 3 heteroatoms. The molecule has 1 aromatic rings. The van der Waals surface area contributed by atoms with Crippen LogP contribution in [0.5, 0.6) is 0 Å². The van der Waals surface area contributed by atoms with Gasteiger partial charge in [0.2, 0.25) is 0 Å². The van der Waals surface area contributed by atoms with Gasteiger partial charge in [0, 0.05) is 23.1 Å². The molecule has 2 nitrogen and oxygen atoms in total. The molecule has 1 aliphatic carbocycles. The predicted octanol–water partition coefficient (Wildman–Crippen LogP) is 3.35. The zero-order chi connectivity index (χ0) is 10.7. The maximum Gasteiger partial charge on any atom is 0.0576 e. The summed E-state index contributed by atoms with van der Waals surface area (Å²) in [5.74, 6) is 0.653. The first-order chi connectivity index (χ1) is 7.31. The van der Waals surface area contributed by atoms with Gasteiger partial charge < -0.3 is 5.73 Å². The highest BCUT2D eigenvalue weighted by Gasteiger charge is 2.18. The first-order valence-corrected chi connectivity index (χ1v) is 6.45. The molecule has 0 aliphatic heterocycles. The molecule has 0 spiro atoms. The Hall–Kier alpha value is -0.410. The number of nitrogens with two attached hydrogens (primary N) is 1. The average Bonchev–Trinajstić information content (AvgIpc) is 2.30. The molecule has 0 amide bonds. The smallest absolute Gasteiger partial charge is 0.0576 e. The van der Waals surface area contributed by atoms with Crippen LogP contribution >= 0.6 is 15.9 Å². The van der Waals surface area contributed by atoms with Gasteiger partial charge >= 0.3 is 0 Å². The second kappa shape index (κ2) is 5.08. The van der Waals surface area contributed by atoms with E-state index in [1.807, 2.05) is 6.20 Å². The minimum atomic E-state index is 0.566. The topological polar surface area (TPSA) is 38.9 Å². The predicted molar refractivity (Wildman–Crippen MR) is 65.7 cm³/mol. The van der Waals surface area contributed by atoms with Gasteiger partial charge in [0.1, 0.15) is 0 Å². The fourth-order valence-corrected chi connectivity index (χ4v) is 3.00. The minimum absolute atomic E-state index is 0.566. The number of halogens is 1. The second-order valence-electron chi connectivity index (χ2n) is 4.25. The molecule has 2 N–H and O–H groups in total. The Morgan fingerprint density at radius 2 is 2.07 bits per heavy atom. The molecule has 0 aromatic carbocycles. The lowest BCUT2D eigenvalue weighted by Gasteiger charge is -2.22. The van der Waals surface area contributed by atoms with Crippen molar-refractivity contribution in [3.05, 3.63) is 28.0 Å². The first-order valence-electron chi connectivity index (χ1n) is 5.65. The van der Waals surface area contributed by atoms with E-state index in [1.165, 1.54) is 37.8 Å². The van der Waals surface area contributed by atoms with Gasteiger partial charge in [-0.2, -0.15) is 0 Å². The summed E-state index contributed by atoms with van der Waals surface area (Å²) < 4.78 is 1.14. The maximum absolute atomic E-state index is 5.59. The summed E-state index contributed by atoms with van der Waals surface area (Å²) in [6, 6.07) is 2.11. The van der Waals surface area contributed by atoms with Crippen LogP contribution in [-0.4, -0.2) is 4.98 Å². The van der Waals surface area contributed by atoms with Gasteiger partial charge in [-0.15, -0.1) is 0 Å². The Labute approximate surface area is 99.4 Å². The van der Waals surface area contributed by atoms with E-state index >= 15 is 0 Å². The molecule has 2 rings (SSSR count). The largest absolute Gasteiger partial charge is 0.326 e.